The maximum absolute atomic E-state index is 12.2. The molecular weight excluding hydrogens is 396 g/mol. The number of para-hydroxylation sites is 2. The third-order valence-corrected chi connectivity index (χ3v) is 5.06. The molecule has 0 aliphatic rings. The van der Waals surface area contributed by atoms with Crippen molar-refractivity contribution in [1.82, 2.24) is 15.0 Å². The maximum Gasteiger partial charge on any atom is 0.326 e. The van der Waals surface area contributed by atoms with Crippen molar-refractivity contribution in [3.63, 3.8) is 0 Å². The number of amides is 1. The first kappa shape index (κ1) is 20.4. The summed E-state index contributed by atoms with van der Waals surface area (Å²) < 4.78 is 2.73. The quantitative estimate of drug-likeness (QED) is 0.240. The second kappa shape index (κ2) is 9.22. The van der Waals surface area contributed by atoms with E-state index in [1.54, 1.807) is 24.4 Å². The number of nitro groups is 1. The van der Waals surface area contributed by atoms with E-state index in [1.165, 1.54) is 6.07 Å². The van der Waals surface area contributed by atoms with Gasteiger partial charge in [0.15, 0.2) is 0 Å². The van der Waals surface area contributed by atoms with Crippen molar-refractivity contribution in [2.45, 2.75) is 17.4 Å². The zero-order valence-corrected chi connectivity index (χ0v) is 15.9. The largest absolute Gasteiger partial charge is 0.480 e. The Balaban J connectivity index is 1.58. The fraction of sp³-hybridized carbons (Fsp3) is 0.158. The highest BCUT2D eigenvalue weighted by Gasteiger charge is 2.22. The lowest BCUT2D eigenvalue weighted by atomic mass is 10.1. The van der Waals surface area contributed by atoms with E-state index in [-0.39, 0.29) is 18.7 Å². The second-order valence-electron chi connectivity index (χ2n) is 6.17. The van der Waals surface area contributed by atoms with Gasteiger partial charge in [0, 0.05) is 29.6 Å². The number of nitrogens with one attached hydrogen (secondary N) is 3. The molecule has 9 nitrogen and oxygen atoms in total. The van der Waals surface area contributed by atoms with Crippen LogP contribution in [0.15, 0.2) is 59.6 Å². The summed E-state index contributed by atoms with van der Waals surface area (Å²) in [5.74, 6) is -1.67. The Labute approximate surface area is 169 Å². The van der Waals surface area contributed by atoms with Crippen molar-refractivity contribution in [1.29, 1.82) is 0 Å². The van der Waals surface area contributed by atoms with Gasteiger partial charge in [-0.05, 0) is 29.6 Å². The Kier molecular flexibility index (Phi) is 6.47. The highest BCUT2D eigenvalue weighted by atomic mass is 32.2. The lowest BCUT2D eigenvalue weighted by Gasteiger charge is -2.14. The topological polar surface area (TPSA) is 137 Å². The van der Waals surface area contributed by atoms with Crippen LogP contribution in [0.2, 0.25) is 0 Å². The van der Waals surface area contributed by atoms with Crippen LogP contribution in [-0.4, -0.2) is 39.5 Å². The average Bonchev–Trinajstić information content (AvgIpc) is 3.10. The predicted octanol–water partition coefficient (Wildman–Crippen LogP) is 2.48. The second-order valence-corrected chi connectivity index (χ2v) is 7.10. The molecule has 3 rings (SSSR count). The summed E-state index contributed by atoms with van der Waals surface area (Å²) in [4.78, 5) is 37.7. The number of carboxylic acids is 1. The lowest BCUT2D eigenvalue weighted by Crippen LogP contribution is -2.45. The highest BCUT2D eigenvalue weighted by molar-refractivity contribution is 7.97. The first-order valence-corrected chi connectivity index (χ1v) is 9.47. The molecule has 1 heterocycles. The Morgan fingerprint density at radius 1 is 1.17 bits per heavy atom. The first-order chi connectivity index (χ1) is 14.0. The van der Waals surface area contributed by atoms with Crippen LogP contribution in [0, 0.1) is 10.1 Å². The third-order valence-electron chi connectivity index (χ3n) is 4.21. The van der Waals surface area contributed by atoms with Crippen molar-refractivity contribution in [3.8, 4) is 0 Å². The molecule has 3 aromatic rings. The molecule has 0 bridgehead atoms. The number of carbonyl (C=O) groups is 2. The summed E-state index contributed by atoms with van der Waals surface area (Å²) in [6.07, 6.45) is 1.86. The number of hydrogen-bond donors (Lipinski definition) is 4. The summed E-state index contributed by atoms with van der Waals surface area (Å²) in [5.41, 5.74) is 1.60. The summed E-state index contributed by atoms with van der Waals surface area (Å²) in [6, 6.07) is 12.5. The number of fused-ring (bicyclic) bond motifs is 1. The highest BCUT2D eigenvalue weighted by Crippen LogP contribution is 2.26. The van der Waals surface area contributed by atoms with Gasteiger partial charge in [0.1, 0.15) is 10.9 Å². The van der Waals surface area contributed by atoms with Gasteiger partial charge in [-0.25, -0.2) is 4.79 Å². The average molecular weight is 414 g/mol. The van der Waals surface area contributed by atoms with E-state index in [4.69, 9.17) is 0 Å². The maximum atomic E-state index is 12.2. The van der Waals surface area contributed by atoms with E-state index < -0.39 is 22.8 Å². The molecule has 0 radical (unpaired) electrons. The van der Waals surface area contributed by atoms with Crippen LogP contribution < -0.4 is 10.0 Å². The minimum absolute atomic E-state index is 0.0758. The number of aromatic nitrogens is 1. The number of nitro benzene ring substituents is 1. The zero-order valence-electron chi connectivity index (χ0n) is 15.1. The number of H-pyrrole nitrogens is 1. The van der Waals surface area contributed by atoms with Crippen LogP contribution in [0.3, 0.4) is 0 Å². The van der Waals surface area contributed by atoms with Crippen LogP contribution in [-0.2, 0) is 16.0 Å². The molecule has 2 aromatic carbocycles. The van der Waals surface area contributed by atoms with Crippen molar-refractivity contribution < 1.29 is 19.6 Å². The van der Waals surface area contributed by atoms with E-state index >= 15 is 0 Å². The smallest absolute Gasteiger partial charge is 0.326 e. The third kappa shape index (κ3) is 5.12. The minimum Gasteiger partial charge on any atom is -0.480 e. The molecule has 0 saturated carbocycles. The van der Waals surface area contributed by atoms with Gasteiger partial charge in [-0.1, -0.05) is 30.3 Å². The number of carboxylic acid groups (broad SMARTS) is 1. The molecule has 1 aromatic heterocycles. The van der Waals surface area contributed by atoms with Crippen molar-refractivity contribution in [3.05, 3.63) is 70.4 Å². The van der Waals surface area contributed by atoms with E-state index in [1.807, 2.05) is 24.3 Å². The Morgan fingerprint density at radius 2 is 1.90 bits per heavy atom. The zero-order chi connectivity index (χ0) is 20.8. The number of benzene rings is 2. The molecular formula is C19H18N4O5S. The van der Waals surface area contributed by atoms with Crippen LogP contribution >= 0.6 is 11.9 Å². The Morgan fingerprint density at radius 3 is 2.66 bits per heavy atom. The minimum atomic E-state index is -1.14. The summed E-state index contributed by atoms with van der Waals surface area (Å²) in [7, 11) is 0. The van der Waals surface area contributed by atoms with Crippen molar-refractivity contribution >= 4 is 40.4 Å². The Bertz CT molecular complexity index is 1050. The number of aliphatic carboxylic acids is 1. The molecule has 0 fully saturated rings. The van der Waals surface area contributed by atoms with Gasteiger partial charge in [-0.3, -0.25) is 19.6 Å². The van der Waals surface area contributed by atoms with E-state index in [2.05, 4.69) is 15.0 Å². The number of hydrogen-bond acceptors (Lipinski definition) is 6. The Hall–Kier alpha value is -3.37. The fourth-order valence-electron chi connectivity index (χ4n) is 2.84. The summed E-state index contributed by atoms with van der Waals surface area (Å²) >= 11 is 0.941. The van der Waals surface area contributed by atoms with E-state index in [0.29, 0.717) is 4.90 Å². The molecule has 1 atom stereocenters. The summed E-state index contributed by atoms with van der Waals surface area (Å²) in [6.45, 7) is -0.200. The molecule has 10 heteroatoms. The van der Waals surface area contributed by atoms with Crippen LogP contribution in [0.4, 0.5) is 5.69 Å². The van der Waals surface area contributed by atoms with E-state index in [0.717, 1.165) is 28.4 Å². The molecule has 0 spiro atoms. The van der Waals surface area contributed by atoms with Crippen molar-refractivity contribution in [2.75, 3.05) is 6.54 Å². The monoisotopic (exact) mass is 414 g/mol. The van der Waals surface area contributed by atoms with Gasteiger partial charge in [0.25, 0.3) is 5.69 Å². The number of rotatable bonds is 9. The van der Waals surface area contributed by atoms with E-state index in [9.17, 15) is 24.8 Å². The molecule has 0 aliphatic carbocycles. The van der Waals surface area contributed by atoms with Gasteiger partial charge in [-0.2, -0.15) is 0 Å². The number of nitrogens with zero attached hydrogens (tertiary/aromatic N) is 1. The van der Waals surface area contributed by atoms with Gasteiger partial charge in [0.05, 0.1) is 11.5 Å². The fourth-order valence-corrected chi connectivity index (χ4v) is 3.59. The SMILES string of the molecule is O=C(CNSc1ccccc1[N+](=O)[O-])N[C@@H](Cc1c[nH]c2ccccc12)C(=O)O. The van der Waals surface area contributed by atoms with Crippen LogP contribution in [0.25, 0.3) is 10.9 Å². The molecule has 0 saturated heterocycles. The molecule has 4 N–H and O–H groups in total. The lowest BCUT2D eigenvalue weighted by molar-refractivity contribution is -0.387. The van der Waals surface area contributed by atoms with Gasteiger partial charge < -0.3 is 15.4 Å². The standard InChI is InChI=1S/C19H18N4O5S/c24-18(11-21-29-17-8-4-3-7-16(17)23(27)28)22-15(19(25)26)9-12-10-20-14-6-2-1-5-13(12)14/h1-8,10,15,20-21H,9,11H2,(H,22,24)(H,25,26)/t15-/m0/s1. The predicted molar refractivity (Wildman–Crippen MR) is 109 cm³/mol. The van der Waals surface area contributed by atoms with Crippen LogP contribution in [0.5, 0.6) is 0 Å². The normalized spacial score (nSPS) is 11.9. The van der Waals surface area contributed by atoms with Crippen LogP contribution in [0.1, 0.15) is 5.56 Å². The number of carbonyl (C=O) groups excluding carboxylic acids is 1. The summed E-state index contributed by atoms with van der Waals surface area (Å²) in [5, 5.41) is 23.9. The molecule has 29 heavy (non-hydrogen) atoms. The molecule has 1 amide bonds. The molecule has 0 unspecified atom stereocenters. The van der Waals surface area contributed by atoms with Gasteiger partial charge in [0.2, 0.25) is 5.91 Å². The first-order valence-electron chi connectivity index (χ1n) is 8.66. The molecule has 0 aliphatic heterocycles. The van der Waals surface area contributed by atoms with Gasteiger partial charge >= 0.3 is 5.97 Å². The number of aromatic amines is 1. The van der Waals surface area contributed by atoms with Crippen molar-refractivity contribution in [2.24, 2.45) is 0 Å². The van der Waals surface area contributed by atoms with Gasteiger partial charge in [-0.15, -0.1) is 0 Å². The molecule has 150 valence electrons.